The van der Waals surface area contributed by atoms with Gasteiger partial charge in [-0.3, -0.25) is 0 Å². The molecule has 0 aliphatic carbocycles. The van der Waals surface area contributed by atoms with Crippen LogP contribution in [0.5, 0.6) is 0 Å². The van der Waals surface area contributed by atoms with Crippen molar-refractivity contribution in [1.82, 2.24) is 0 Å². The van der Waals surface area contributed by atoms with Crippen LogP contribution in [0.2, 0.25) is 0 Å². The fraction of sp³-hybridized carbons (Fsp3) is 0.375. The molecule has 0 fully saturated rings. The van der Waals surface area contributed by atoms with Crippen molar-refractivity contribution in [3.8, 4) is 0 Å². The minimum Gasteiger partial charge on any atom is -0.213 e. The van der Waals surface area contributed by atoms with Gasteiger partial charge in [-0.15, -0.1) is 4.47 Å². The monoisotopic (exact) mass is 348 g/mol. The molecular formula is C16H21BrFe. The van der Waals surface area contributed by atoms with Crippen molar-refractivity contribution in [1.29, 1.82) is 0 Å². The Morgan fingerprint density at radius 1 is 1.11 bits per heavy atom. The molecule has 0 heterocycles. The van der Waals surface area contributed by atoms with Gasteiger partial charge in [-0.2, -0.15) is 41.0 Å². The molecule has 2 aromatic rings. The van der Waals surface area contributed by atoms with Gasteiger partial charge in [0.25, 0.3) is 0 Å². The summed E-state index contributed by atoms with van der Waals surface area (Å²) in [6.45, 7) is 6.68. The average Bonchev–Trinajstić information content (AvgIpc) is 2.97. The van der Waals surface area contributed by atoms with Gasteiger partial charge >= 0.3 is 17.1 Å². The number of halogens is 1. The van der Waals surface area contributed by atoms with Crippen molar-refractivity contribution in [2.45, 2.75) is 40.0 Å². The number of aryl methyl sites for hydroxylation is 3. The molecule has 0 aliphatic rings. The Labute approximate surface area is 130 Å². The summed E-state index contributed by atoms with van der Waals surface area (Å²) in [6, 6.07) is 12.7. The van der Waals surface area contributed by atoms with E-state index in [0.29, 0.717) is 0 Å². The molecule has 0 bridgehead atoms. The second-order valence-electron chi connectivity index (χ2n) is 4.08. The summed E-state index contributed by atoms with van der Waals surface area (Å²) in [5, 5.41) is 0. The third-order valence-electron chi connectivity index (χ3n) is 2.92. The zero-order valence-corrected chi connectivity index (χ0v) is 14.0. The predicted octanol–water partition coefficient (Wildman–Crippen LogP) is 5.26. The van der Waals surface area contributed by atoms with Crippen LogP contribution in [-0.2, 0) is 36.3 Å². The summed E-state index contributed by atoms with van der Waals surface area (Å²) in [5.74, 6) is 0. The molecule has 0 N–H and O–H groups in total. The van der Waals surface area contributed by atoms with Crippen molar-refractivity contribution in [3.63, 3.8) is 0 Å². The van der Waals surface area contributed by atoms with Crippen molar-refractivity contribution in [2.75, 3.05) is 0 Å². The molecule has 2 rings (SSSR count). The van der Waals surface area contributed by atoms with Gasteiger partial charge in [0.1, 0.15) is 0 Å². The number of hydrogen-bond donors (Lipinski definition) is 0. The Morgan fingerprint density at radius 3 is 2.11 bits per heavy atom. The van der Waals surface area contributed by atoms with E-state index >= 15 is 0 Å². The molecule has 0 aliphatic heterocycles. The fourth-order valence-corrected chi connectivity index (χ4v) is 2.19. The summed E-state index contributed by atoms with van der Waals surface area (Å²) in [7, 11) is 0. The second-order valence-corrected chi connectivity index (χ2v) is 4.99. The van der Waals surface area contributed by atoms with Crippen LogP contribution >= 0.6 is 15.9 Å². The number of rotatable bonds is 3. The first-order valence-corrected chi connectivity index (χ1v) is 7.15. The molecule has 0 aromatic heterocycles. The van der Waals surface area contributed by atoms with E-state index < -0.39 is 0 Å². The van der Waals surface area contributed by atoms with Gasteiger partial charge < -0.3 is 0 Å². The molecule has 2 heteroatoms. The van der Waals surface area contributed by atoms with Gasteiger partial charge in [0, 0.05) is 0 Å². The van der Waals surface area contributed by atoms with E-state index in [2.05, 4.69) is 48.8 Å². The topological polar surface area (TPSA) is 0 Å². The third kappa shape index (κ3) is 5.56. The molecule has 100 valence electrons. The average molecular weight is 349 g/mol. The zero-order chi connectivity index (χ0) is 12.7. The van der Waals surface area contributed by atoms with Crippen molar-refractivity contribution in [3.05, 3.63) is 57.6 Å². The van der Waals surface area contributed by atoms with Gasteiger partial charge in [-0.05, 0) is 0 Å². The van der Waals surface area contributed by atoms with Gasteiger partial charge in [0.2, 0.25) is 0 Å². The van der Waals surface area contributed by atoms with Crippen molar-refractivity contribution in [2.24, 2.45) is 0 Å². The van der Waals surface area contributed by atoms with Crippen molar-refractivity contribution >= 4 is 15.9 Å². The minimum absolute atomic E-state index is 0. The van der Waals surface area contributed by atoms with E-state index in [1.54, 1.807) is 11.1 Å². The predicted molar refractivity (Wildman–Crippen MR) is 79.9 cm³/mol. The van der Waals surface area contributed by atoms with Gasteiger partial charge in [0.05, 0.1) is 0 Å². The summed E-state index contributed by atoms with van der Waals surface area (Å²) in [6.07, 6.45) is 3.54. The quantitative estimate of drug-likeness (QED) is 0.524. The number of hydrogen-bond acceptors (Lipinski definition) is 0. The smallest absolute Gasteiger partial charge is 0.213 e. The van der Waals surface area contributed by atoms with Crippen molar-refractivity contribution < 1.29 is 17.1 Å². The molecule has 18 heavy (non-hydrogen) atoms. The van der Waals surface area contributed by atoms with E-state index in [0.717, 1.165) is 4.47 Å². The first kappa shape index (κ1) is 17.7. The Bertz CT molecular complexity index is 391. The van der Waals surface area contributed by atoms with E-state index in [9.17, 15) is 0 Å². The maximum atomic E-state index is 3.28. The van der Waals surface area contributed by atoms with Gasteiger partial charge in [-0.25, -0.2) is 12.1 Å². The molecule has 0 amide bonds. The van der Waals surface area contributed by atoms with Crippen LogP contribution in [0.4, 0.5) is 0 Å². The standard InChI is InChI=1S/C11H17.C5H4Br.Fe/c1-4-9-7-10(5-2)11(6-3)8-9;6-5-3-1-2-4-5;/h7-8H,4-6H2,1-3H3;1-4H;/q2*-1;+2. The summed E-state index contributed by atoms with van der Waals surface area (Å²) >= 11 is 3.28. The van der Waals surface area contributed by atoms with Crippen LogP contribution < -0.4 is 0 Å². The fourth-order valence-electron chi connectivity index (χ4n) is 1.89. The Morgan fingerprint density at radius 2 is 1.83 bits per heavy atom. The molecule has 0 atom stereocenters. The Balaban J connectivity index is 0.000000352. The molecule has 2 aromatic carbocycles. The van der Waals surface area contributed by atoms with Crippen LogP contribution in [0.15, 0.2) is 40.9 Å². The molecule has 0 saturated carbocycles. The molecular weight excluding hydrogens is 328 g/mol. The first-order chi connectivity index (χ1) is 8.21. The molecule has 0 saturated heterocycles. The first-order valence-electron chi connectivity index (χ1n) is 6.35. The van der Waals surface area contributed by atoms with Gasteiger partial charge in [0.15, 0.2) is 0 Å². The van der Waals surface area contributed by atoms with E-state index in [4.69, 9.17) is 0 Å². The largest absolute Gasteiger partial charge is 2.00 e. The van der Waals surface area contributed by atoms with Crippen LogP contribution in [-0.4, -0.2) is 0 Å². The van der Waals surface area contributed by atoms with Crippen LogP contribution in [0.1, 0.15) is 37.5 Å². The molecule has 0 unspecified atom stereocenters. The van der Waals surface area contributed by atoms with E-state index in [1.807, 2.05) is 24.3 Å². The Hall–Kier alpha value is -0.301. The normalized spacial score (nSPS) is 9.33. The van der Waals surface area contributed by atoms with Crippen LogP contribution in [0.3, 0.4) is 0 Å². The SMILES string of the molecule is Brc1ccc[cH-]1.CCc1cc(CC)c(CC)[cH-]1.[Fe+2]. The molecule has 0 spiro atoms. The molecule has 0 radical (unpaired) electrons. The maximum absolute atomic E-state index is 3.28. The van der Waals surface area contributed by atoms with E-state index in [-0.39, 0.29) is 17.1 Å². The Kier molecular flexibility index (Phi) is 9.45. The van der Waals surface area contributed by atoms with Crippen LogP contribution in [0, 0.1) is 0 Å². The van der Waals surface area contributed by atoms with Crippen LogP contribution in [0.25, 0.3) is 0 Å². The summed E-state index contributed by atoms with van der Waals surface area (Å²) in [5.41, 5.74) is 4.59. The third-order valence-corrected chi connectivity index (χ3v) is 3.45. The summed E-state index contributed by atoms with van der Waals surface area (Å²) < 4.78 is 1.16. The van der Waals surface area contributed by atoms with Gasteiger partial charge in [-0.1, -0.05) is 56.0 Å². The second kappa shape index (κ2) is 9.61. The summed E-state index contributed by atoms with van der Waals surface area (Å²) in [4.78, 5) is 0. The maximum Gasteiger partial charge on any atom is 2.00 e. The van der Waals surface area contributed by atoms with E-state index in [1.165, 1.54) is 24.8 Å². The minimum atomic E-state index is 0. The molecule has 0 nitrogen and oxygen atoms in total. The zero-order valence-electron chi connectivity index (χ0n) is 11.3.